The molecule has 0 saturated heterocycles. The normalized spacial score (nSPS) is 17.2. The molecule has 0 amide bonds. The first-order chi connectivity index (χ1) is 9.32. The molecule has 0 radical (unpaired) electrons. The van der Waals surface area contributed by atoms with Gasteiger partial charge >= 0.3 is 5.97 Å². The van der Waals surface area contributed by atoms with E-state index in [0.717, 1.165) is 5.56 Å². The number of rotatable bonds is 5. The molecule has 0 aliphatic carbocycles. The van der Waals surface area contributed by atoms with Crippen molar-refractivity contribution in [3.63, 3.8) is 0 Å². The minimum Gasteiger partial charge on any atom is -0.493 e. The van der Waals surface area contributed by atoms with Gasteiger partial charge in [0.15, 0.2) is 0 Å². The van der Waals surface area contributed by atoms with Gasteiger partial charge in [0.25, 0.3) is 0 Å². The van der Waals surface area contributed by atoms with Crippen molar-refractivity contribution in [3.05, 3.63) is 23.3 Å². The van der Waals surface area contributed by atoms with E-state index in [-0.39, 0.29) is 23.7 Å². The zero-order chi connectivity index (χ0) is 14.9. The van der Waals surface area contributed by atoms with Gasteiger partial charge in [-0.3, -0.25) is 0 Å². The Balaban J connectivity index is 2.33. The third-order valence-corrected chi connectivity index (χ3v) is 3.24. The van der Waals surface area contributed by atoms with E-state index in [1.54, 1.807) is 0 Å². The molecule has 110 valence electrons. The number of aromatic carboxylic acids is 1. The van der Waals surface area contributed by atoms with E-state index in [0.29, 0.717) is 24.5 Å². The lowest BCUT2D eigenvalue weighted by Gasteiger charge is -2.16. The van der Waals surface area contributed by atoms with Gasteiger partial charge < -0.3 is 19.7 Å². The van der Waals surface area contributed by atoms with Crippen molar-refractivity contribution >= 4 is 5.97 Å². The summed E-state index contributed by atoms with van der Waals surface area (Å²) in [4.78, 5) is 11.2. The second-order valence-corrected chi connectivity index (χ2v) is 5.89. The van der Waals surface area contributed by atoms with Crippen molar-refractivity contribution in [1.29, 1.82) is 0 Å². The van der Waals surface area contributed by atoms with Crippen LogP contribution in [0.4, 0.5) is 0 Å². The highest BCUT2D eigenvalue weighted by Crippen LogP contribution is 2.41. The molecule has 0 fully saturated rings. The Morgan fingerprint density at radius 2 is 2.20 bits per heavy atom. The summed E-state index contributed by atoms with van der Waals surface area (Å²) in [5, 5.41) is 18.2. The van der Waals surface area contributed by atoms with E-state index in [4.69, 9.17) is 19.7 Å². The van der Waals surface area contributed by atoms with Crippen LogP contribution >= 0.6 is 0 Å². The molecule has 1 atom stereocenters. The van der Waals surface area contributed by atoms with Gasteiger partial charge in [-0.25, -0.2) is 4.79 Å². The fourth-order valence-corrected chi connectivity index (χ4v) is 2.18. The molecule has 0 unspecified atom stereocenters. The van der Waals surface area contributed by atoms with Gasteiger partial charge in [0.1, 0.15) is 17.1 Å². The maximum atomic E-state index is 11.2. The molecule has 1 heterocycles. The number of aliphatic hydroxyl groups is 1. The van der Waals surface area contributed by atoms with Crippen LogP contribution in [0.2, 0.25) is 0 Å². The maximum Gasteiger partial charge on any atom is 0.335 e. The average Bonchev–Trinajstić information content (AvgIpc) is 2.69. The van der Waals surface area contributed by atoms with E-state index >= 15 is 0 Å². The van der Waals surface area contributed by atoms with Crippen LogP contribution in [0, 0.1) is 5.92 Å². The first-order valence-corrected chi connectivity index (χ1v) is 6.65. The van der Waals surface area contributed by atoms with E-state index in [9.17, 15) is 4.79 Å². The summed E-state index contributed by atoms with van der Waals surface area (Å²) < 4.78 is 11.4. The SMILES string of the molecule is C[C@@H](CO)COc1cc(C(=O)O)cc2c1CC(C)(C)O2. The van der Waals surface area contributed by atoms with Crippen molar-refractivity contribution in [3.8, 4) is 11.5 Å². The lowest BCUT2D eigenvalue weighted by Crippen LogP contribution is -2.24. The van der Waals surface area contributed by atoms with Crippen LogP contribution in [0.25, 0.3) is 0 Å². The number of ether oxygens (including phenoxy) is 2. The van der Waals surface area contributed by atoms with E-state index < -0.39 is 5.97 Å². The average molecular weight is 280 g/mol. The topological polar surface area (TPSA) is 76.0 Å². The summed E-state index contributed by atoms with van der Waals surface area (Å²) in [7, 11) is 0. The zero-order valence-electron chi connectivity index (χ0n) is 12.0. The molecule has 5 heteroatoms. The number of aliphatic hydroxyl groups excluding tert-OH is 1. The van der Waals surface area contributed by atoms with Crippen LogP contribution in [-0.4, -0.2) is 35.0 Å². The van der Waals surface area contributed by atoms with E-state index in [2.05, 4.69) is 0 Å². The maximum absolute atomic E-state index is 11.2. The van der Waals surface area contributed by atoms with Crippen LogP contribution in [0.5, 0.6) is 11.5 Å². The zero-order valence-corrected chi connectivity index (χ0v) is 12.0. The molecule has 1 aromatic carbocycles. The third-order valence-electron chi connectivity index (χ3n) is 3.24. The van der Waals surface area contributed by atoms with Crippen molar-refractivity contribution in [2.75, 3.05) is 13.2 Å². The second kappa shape index (κ2) is 5.32. The molecular formula is C15H20O5. The highest BCUT2D eigenvalue weighted by atomic mass is 16.5. The Labute approximate surface area is 118 Å². The fraction of sp³-hybridized carbons (Fsp3) is 0.533. The molecule has 0 spiro atoms. The first kappa shape index (κ1) is 14.7. The molecule has 0 aromatic heterocycles. The van der Waals surface area contributed by atoms with Gasteiger partial charge in [0, 0.05) is 24.5 Å². The molecule has 1 aliphatic heterocycles. The summed E-state index contributed by atoms with van der Waals surface area (Å²) in [5.74, 6) is 0.0861. The van der Waals surface area contributed by atoms with Crippen molar-refractivity contribution in [1.82, 2.24) is 0 Å². The summed E-state index contributed by atoms with van der Waals surface area (Å²) in [6.07, 6.45) is 0.672. The van der Waals surface area contributed by atoms with Gasteiger partial charge in [0.2, 0.25) is 0 Å². The minimum absolute atomic E-state index is 0.00512. The predicted octanol–water partition coefficient (Wildman–Crippen LogP) is 2.11. The van der Waals surface area contributed by atoms with Crippen molar-refractivity contribution in [2.24, 2.45) is 5.92 Å². The van der Waals surface area contributed by atoms with Crippen LogP contribution in [0.3, 0.4) is 0 Å². The largest absolute Gasteiger partial charge is 0.493 e. The number of carboxylic acids is 1. The molecule has 5 nitrogen and oxygen atoms in total. The number of carboxylic acid groups (broad SMARTS) is 1. The Bertz CT molecular complexity index is 521. The summed E-state index contributed by atoms with van der Waals surface area (Å²) in [5.41, 5.74) is 0.679. The highest BCUT2D eigenvalue weighted by Gasteiger charge is 2.33. The Hall–Kier alpha value is -1.75. The van der Waals surface area contributed by atoms with Crippen LogP contribution in [-0.2, 0) is 6.42 Å². The number of hydrogen-bond donors (Lipinski definition) is 2. The lowest BCUT2D eigenvalue weighted by molar-refractivity contribution is 0.0694. The van der Waals surface area contributed by atoms with Gasteiger partial charge in [-0.1, -0.05) is 6.92 Å². The number of hydrogen-bond acceptors (Lipinski definition) is 4. The van der Waals surface area contributed by atoms with E-state index in [1.807, 2.05) is 20.8 Å². The third kappa shape index (κ3) is 3.04. The van der Waals surface area contributed by atoms with Crippen molar-refractivity contribution < 1.29 is 24.5 Å². The molecule has 1 aliphatic rings. The number of benzene rings is 1. The van der Waals surface area contributed by atoms with Gasteiger partial charge in [0.05, 0.1) is 12.2 Å². The molecular weight excluding hydrogens is 260 g/mol. The second-order valence-electron chi connectivity index (χ2n) is 5.89. The van der Waals surface area contributed by atoms with Crippen LogP contribution in [0.15, 0.2) is 12.1 Å². The Morgan fingerprint density at radius 1 is 1.50 bits per heavy atom. The first-order valence-electron chi connectivity index (χ1n) is 6.65. The molecule has 2 rings (SSSR count). The number of carbonyl (C=O) groups is 1. The van der Waals surface area contributed by atoms with Gasteiger partial charge in [-0.2, -0.15) is 0 Å². The molecule has 2 N–H and O–H groups in total. The standard InChI is InChI=1S/C15H20O5/c1-9(7-16)8-19-12-4-10(14(17)18)5-13-11(12)6-15(2,3)20-13/h4-5,9,16H,6-8H2,1-3H3,(H,17,18)/t9-/m0/s1. The van der Waals surface area contributed by atoms with Crippen molar-refractivity contribution in [2.45, 2.75) is 32.8 Å². The fourth-order valence-electron chi connectivity index (χ4n) is 2.18. The smallest absolute Gasteiger partial charge is 0.335 e. The molecule has 20 heavy (non-hydrogen) atoms. The quantitative estimate of drug-likeness (QED) is 0.864. The highest BCUT2D eigenvalue weighted by molar-refractivity contribution is 5.89. The minimum atomic E-state index is -1.01. The predicted molar refractivity (Wildman–Crippen MR) is 73.6 cm³/mol. The summed E-state index contributed by atoms with van der Waals surface area (Å²) in [6.45, 7) is 6.14. The molecule has 0 saturated carbocycles. The Kier molecular flexibility index (Phi) is 3.90. The lowest BCUT2D eigenvalue weighted by atomic mass is 10.00. The van der Waals surface area contributed by atoms with Crippen LogP contribution in [0.1, 0.15) is 36.7 Å². The Morgan fingerprint density at radius 3 is 2.80 bits per heavy atom. The number of fused-ring (bicyclic) bond motifs is 1. The molecule has 0 bridgehead atoms. The van der Waals surface area contributed by atoms with E-state index in [1.165, 1.54) is 12.1 Å². The van der Waals surface area contributed by atoms with Crippen LogP contribution < -0.4 is 9.47 Å². The summed E-state index contributed by atoms with van der Waals surface area (Å²) in [6, 6.07) is 3.06. The van der Waals surface area contributed by atoms with Gasteiger partial charge in [-0.05, 0) is 26.0 Å². The van der Waals surface area contributed by atoms with Gasteiger partial charge in [-0.15, -0.1) is 0 Å². The molecule has 1 aromatic rings. The monoisotopic (exact) mass is 280 g/mol. The summed E-state index contributed by atoms with van der Waals surface area (Å²) >= 11 is 0.